The lowest BCUT2D eigenvalue weighted by Crippen LogP contribution is -2.16. The van der Waals surface area contributed by atoms with Gasteiger partial charge in [-0.3, -0.25) is 0 Å². The predicted molar refractivity (Wildman–Crippen MR) is 46.0 cm³/mol. The highest BCUT2D eigenvalue weighted by atomic mass is 16.5. The molecule has 0 spiro atoms. The second-order valence-electron chi connectivity index (χ2n) is 3.42. The average molecular weight is 182 g/mol. The van der Waals surface area contributed by atoms with Crippen LogP contribution in [0.4, 0.5) is 0 Å². The van der Waals surface area contributed by atoms with Crippen LogP contribution in [0.1, 0.15) is 25.1 Å². The van der Waals surface area contributed by atoms with Crippen molar-refractivity contribution in [3.63, 3.8) is 0 Å². The number of nitrogens with one attached hydrogen (secondary N) is 1. The van der Waals surface area contributed by atoms with Crippen molar-refractivity contribution < 1.29 is 4.74 Å². The summed E-state index contributed by atoms with van der Waals surface area (Å²) in [7, 11) is 0. The van der Waals surface area contributed by atoms with Gasteiger partial charge in [-0.15, -0.1) is 10.2 Å². The van der Waals surface area contributed by atoms with Crippen LogP contribution in [-0.4, -0.2) is 33.8 Å². The maximum Gasteiger partial charge on any atom is 0.174 e. The van der Waals surface area contributed by atoms with Gasteiger partial charge in [0.2, 0.25) is 0 Å². The molecule has 0 saturated carbocycles. The molecule has 0 amide bonds. The molecule has 1 aliphatic rings. The Morgan fingerprint density at radius 2 is 2.23 bits per heavy atom. The molecule has 2 rings (SSSR count). The summed E-state index contributed by atoms with van der Waals surface area (Å²) >= 11 is 0. The summed E-state index contributed by atoms with van der Waals surface area (Å²) in [5.74, 6) is 1.61. The first-order valence-electron chi connectivity index (χ1n) is 4.75. The fourth-order valence-electron chi connectivity index (χ4n) is 1.66. The summed E-state index contributed by atoms with van der Waals surface area (Å²) in [6.45, 7) is 1.83. The largest absolute Gasteiger partial charge is 0.381 e. The highest BCUT2D eigenvalue weighted by Crippen LogP contribution is 2.19. The van der Waals surface area contributed by atoms with Crippen LogP contribution in [0.25, 0.3) is 0 Å². The van der Waals surface area contributed by atoms with Crippen LogP contribution >= 0.6 is 0 Å². The number of nitrogens with zero attached hydrogens (tertiary/aromatic N) is 3. The zero-order valence-corrected chi connectivity index (χ0v) is 7.57. The van der Waals surface area contributed by atoms with Gasteiger partial charge in [-0.1, -0.05) is 5.21 Å². The molecule has 5 nitrogen and oxygen atoms in total. The second-order valence-corrected chi connectivity index (χ2v) is 3.42. The molecule has 0 bridgehead atoms. The van der Waals surface area contributed by atoms with E-state index in [0.29, 0.717) is 0 Å². The Morgan fingerprint density at radius 3 is 2.92 bits per heavy atom. The van der Waals surface area contributed by atoms with Gasteiger partial charge in [0.1, 0.15) is 0 Å². The fourth-order valence-corrected chi connectivity index (χ4v) is 1.66. The summed E-state index contributed by atoms with van der Waals surface area (Å²) in [6, 6.07) is 0. The fraction of sp³-hybridized carbons (Fsp3) is 0.875. The third kappa shape index (κ3) is 2.48. The molecule has 13 heavy (non-hydrogen) atoms. The van der Waals surface area contributed by atoms with E-state index < -0.39 is 0 Å². The maximum absolute atomic E-state index is 5.29. The van der Waals surface area contributed by atoms with Crippen molar-refractivity contribution in [3.05, 3.63) is 5.82 Å². The molecule has 0 aromatic carbocycles. The van der Waals surface area contributed by atoms with E-state index in [4.69, 9.17) is 4.74 Å². The van der Waals surface area contributed by atoms with Crippen molar-refractivity contribution in [2.45, 2.75) is 25.7 Å². The molecule has 0 atom stereocenters. The van der Waals surface area contributed by atoms with Gasteiger partial charge in [0.15, 0.2) is 5.82 Å². The maximum atomic E-state index is 5.29. The van der Waals surface area contributed by atoms with Crippen LogP contribution in [0.3, 0.4) is 0 Å². The molecule has 1 saturated heterocycles. The van der Waals surface area contributed by atoms with Crippen LogP contribution in [0, 0.1) is 5.92 Å². The molecular weight excluding hydrogens is 168 g/mol. The first kappa shape index (κ1) is 8.62. The Morgan fingerprint density at radius 1 is 1.38 bits per heavy atom. The van der Waals surface area contributed by atoms with E-state index in [2.05, 4.69) is 20.6 Å². The first-order valence-corrected chi connectivity index (χ1v) is 4.75. The number of hydrogen-bond acceptors (Lipinski definition) is 4. The zero-order valence-electron chi connectivity index (χ0n) is 7.57. The van der Waals surface area contributed by atoms with Gasteiger partial charge in [0.25, 0.3) is 0 Å². The van der Waals surface area contributed by atoms with Crippen LogP contribution in [0.15, 0.2) is 0 Å². The van der Waals surface area contributed by atoms with E-state index in [1.165, 1.54) is 12.8 Å². The van der Waals surface area contributed by atoms with E-state index >= 15 is 0 Å². The van der Waals surface area contributed by atoms with Crippen LogP contribution in [0.2, 0.25) is 0 Å². The molecule has 1 aromatic heterocycles. The Kier molecular flexibility index (Phi) is 2.86. The zero-order chi connectivity index (χ0) is 8.93. The minimum Gasteiger partial charge on any atom is -0.381 e. The minimum atomic E-state index is 0.784. The smallest absolute Gasteiger partial charge is 0.174 e. The molecule has 0 radical (unpaired) electrons. The lowest BCUT2D eigenvalue weighted by molar-refractivity contribution is 0.0639. The third-order valence-electron chi connectivity index (χ3n) is 2.51. The number of tetrazole rings is 1. The van der Waals surface area contributed by atoms with E-state index in [-0.39, 0.29) is 0 Å². The van der Waals surface area contributed by atoms with Gasteiger partial charge in [0, 0.05) is 19.6 Å². The molecule has 0 aliphatic carbocycles. The van der Waals surface area contributed by atoms with Crippen LogP contribution in [-0.2, 0) is 11.2 Å². The van der Waals surface area contributed by atoms with Crippen molar-refractivity contribution >= 4 is 0 Å². The Labute approximate surface area is 76.9 Å². The molecule has 1 aromatic rings. The summed E-state index contributed by atoms with van der Waals surface area (Å²) in [6.07, 6.45) is 4.44. The number of hydrogen-bond donors (Lipinski definition) is 1. The molecule has 1 aliphatic heterocycles. The average Bonchev–Trinajstić information content (AvgIpc) is 2.69. The van der Waals surface area contributed by atoms with Crippen LogP contribution in [0.5, 0.6) is 0 Å². The number of H-pyrrole nitrogens is 1. The van der Waals surface area contributed by atoms with E-state index in [1.54, 1.807) is 0 Å². The van der Waals surface area contributed by atoms with Gasteiger partial charge in [-0.25, -0.2) is 0 Å². The summed E-state index contributed by atoms with van der Waals surface area (Å²) < 4.78 is 5.29. The third-order valence-corrected chi connectivity index (χ3v) is 2.51. The van der Waals surface area contributed by atoms with Crippen molar-refractivity contribution in [1.29, 1.82) is 0 Å². The van der Waals surface area contributed by atoms with Gasteiger partial charge in [-0.2, -0.15) is 5.21 Å². The normalized spacial score (nSPS) is 19.1. The minimum absolute atomic E-state index is 0.784. The summed E-state index contributed by atoms with van der Waals surface area (Å²) in [5, 5.41) is 13.8. The molecule has 5 heteroatoms. The molecule has 0 unspecified atom stereocenters. The number of aromatic amines is 1. The van der Waals surface area contributed by atoms with Gasteiger partial charge in [0.05, 0.1) is 0 Å². The van der Waals surface area contributed by atoms with Gasteiger partial charge in [-0.05, 0) is 25.2 Å². The van der Waals surface area contributed by atoms with E-state index in [9.17, 15) is 0 Å². The quantitative estimate of drug-likeness (QED) is 0.741. The monoisotopic (exact) mass is 182 g/mol. The topological polar surface area (TPSA) is 63.7 Å². The second kappa shape index (κ2) is 4.32. The van der Waals surface area contributed by atoms with Crippen molar-refractivity contribution in [2.75, 3.05) is 13.2 Å². The van der Waals surface area contributed by atoms with Crippen molar-refractivity contribution in [2.24, 2.45) is 5.92 Å². The highest BCUT2D eigenvalue weighted by Gasteiger charge is 2.14. The number of aryl methyl sites for hydroxylation is 1. The van der Waals surface area contributed by atoms with Gasteiger partial charge >= 0.3 is 0 Å². The van der Waals surface area contributed by atoms with E-state index in [0.717, 1.165) is 37.8 Å². The van der Waals surface area contributed by atoms with Gasteiger partial charge < -0.3 is 4.74 Å². The Hall–Kier alpha value is -0.970. The summed E-state index contributed by atoms with van der Waals surface area (Å²) in [4.78, 5) is 0. The van der Waals surface area contributed by atoms with E-state index in [1.807, 2.05) is 0 Å². The number of aromatic nitrogens is 4. The molecule has 72 valence electrons. The highest BCUT2D eigenvalue weighted by molar-refractivity contribution is 4.78. The SMILES string of the molecule is C1CC(CCc2nn[nH]n2)CCO1. The molecular formula is C8H14N4O. The standard InChI is InChI=1S/C8H14N4O/c1(2-8-9-11-12-10-8)7-3-5-13-6-4-7/h7H,1-6H2,(H,9,10,11,12). The van der Waals surface area contributed by atoms with Crippen molar-refractivity contribution in [1.82, 2.24) is 20.6 Å². The van der Waals surface area contributed by atoms with Crippen LogP contribution < -0.4 is 0 Å². The number of rotatable bonds is 3. The number of ether oxygens (including phenoxy) is 1. The predicted octanol–water partition coefficient (Wildman–Crippen LogP) is 0.559. The Balaban J connectivity index is 1.72. The lowest BCUT2D eigenvalue weighted by atomic mass is 9.95. The molecule has 2 heterocycles. The first-order chi connectivity index (χ1) is 6.45. The molecule has 1 fully saturated rings. The molecule has 1 N–H and O–H groups in total. The lowest BCUT2D eigenvalue weighted by Gasteiger charge is -2.20. The summed E-state index contributed by atoms with van der Waals surface area (Å²) in [5.41, 5.74) is 0. The van der Waals surface area contributed by atoms with Crippen molar-refractivity contribution in [3.8, 4) is 0 Å². The Bertz CT molecular complexity index is 230.